The first-order valence-corrected chi connectivity index (χ1v) is 7.31. The number of carbonyl (C=O) groups excluding carboxylic acids is 2. The van der Waals surface area contributed by atoms with Gasteiger partial charge in [-0.25, -0.2) is 4.98 Å². The summed E-state index contributed by atoms with van der Waals surface area (Å²) in [6, 6.07) is -1.61. The van der Waals surface area contributed by atoms with E-state index in [0.717, 1.165) is 0 Å². The van der Waals surface area contributed by atoms with E-state index < -0.39 is 29.9 Å². The Balaban J connectivity index is 2.75. The molecule has 0 radical (unpaired) electrons. The lowest BCUT2D eigenvalue weighted by molar-refractivity contribution is -0.136. The highest BCUT2D eigenvalue weighted by Crippen LogP contribution is 2.06. The van der Waals surface area contributed by atoms with Gasteiger partial charge in [0.15, 0.2) is 0 Å². The Kier molecular flexibility index (Phi) is 7.20. The number of hydrogen-bond acceptors (Lipinski definition) is 5. The molecule has 1 heterocycles. The highest BCUT2D eigenvalue weighted by Gasteiger charge is 2.25. The van der Waals surface area contributed by atoms with Gasteiger partial charge in [-0.3, -0.25) is 19.7 Å². The van der Waals surface area contributed by atoms with Crippen LogP contribution < -0.4 is 16.4 Å². The third-order valence-electron chi connectivity index (χ3n) is 3.16. The number of carbonyl (C=O) groups is 3. The lowest BCUT2D eigenvalue weighted by atomic mass is 10.0. The van der Waals surface area contributed by atoms with Crippen LogP contribution in [0.15, 0.2) is 12.5 Å². The third-order valence-corrected chi connectivity index (χ3v) is 3.16. The second-order valence-electron chi connectivity index (χ2n) is 5.70. The van der Waals surface area contributed by atoms with Gasteiger partial charge in [0.25, 0.3) is 0 Å². The largest absolute Gasteiger partial charge is 0.480 e. The molecule has 0 saturated heterocycles. The highest BCUT2D eigenvalue weighted by molar-refractivity contribution is 5.89. The predicted octanol–water partition coefficient (Wildman–Crippen LogP) is -0.989. The maximum Gasteiger partial charge on any atom is 0.317 e. The highest BCUT2D eigenvalue weighted by atomic mass is 16.4. The van der Waals surface area contributed by atoms with Gasteiger partial charge in [-0.1, -0.05) is 13.8 Å². The summed E-state index contributed by atoms with van der Waals surface area (Å²) in [5, 5.41) is 14.0. The molecule has 1 rings (SSSR count). The number of nitrogens with two attached hydrogens (primary N) is 1. The van der Waals surface area contributed by atoms with Crippen LogP contribution in [0.5, 0.6) is 0 Å². The van der Waals surface area contributed by atoms with Gasteiger partial charge in [0.2, 0.25) is 11.8 Å². The lowest BCUT2D eigenvalue weighted by Crippen LogP contribution is -2.53. The Morgan fingerprint density at radius 2 is 2.04 bits per heavy atom. The first-order chi connectivity index (χ1) is 10.8. The van der Waals surface area contributed by atoms with Crippen molar-refractivity contribution in [3.05, 3.63) is 18.2 Å². The summed E-state index contributed by atoms with van der Waals surface area (Å²) >= 11 is 0. The van der Waals surface area contributed by atoms with E-state index in [1.807, 2.05) is 13.8 Å². The Labute approximate surface area is 134 Å². The number of aliphatic carboxylic acids is 1. The molecule has 128 valence electrons. The normalized spacial score (nSPS) is 13.5. The van der Waals surface area contributed by atoms with E-state index in [1.165, 1.54) is 6.33 Å². The molecular weight excluding hydrogens is 302 g/mol. The fraction of sp³-hybridized carbons (Fsp3) is 0.571. The minimum Gasteiger partial charge on any atom is -0.480 e. The molecule has 1 aromatic heterocycles. The van der Waals surface area contributed by atoms with Crippen molar-refractivity contribution in [3.8, 4) is 0 Å². The van der Waals surface area contributed by atoms with Gasteiger partial charge in [0.05, 0.1) is 18.9 Å². The van der Waals surface area contributed by atoms with Crippen molar-refractivity contribution in [2.75, 3.05) is 6.54 Å². The van der Waals surface area contributed by atoms with Crippen molar-refractivity contribution in [3.63, 3.8) is 0 Å². The summed E-state index contributed by atoms with van der Waals surface area (Å²) in [4.78, 5) is 41.2. The average Bonchev–Trinajstić information content (AvgIpc) is 2.94. The number of rotatable bonds is 10. The first kappa shape index (κ1) is 18.6. The molecule has 0 aliphatic heterocycles. The number of carboxylic acid groups (broad SMARTS) is 1. The van der Waals surface area contributed by atoms with Crippen LogP contribution in [0.3, 0.4) is 0 Å². The van der Waals surface area contributed by atoms with Crippen molar-refractivity contribution < 1.29 is 19.5 Å². The molecule has 2 atom stereocenters. The third kappa shape index (κ3) is 6.92. The molecular formula is C14H23N5O4. The zero-order chi connectivity index (χ0) is 17.4. The molecule has 2 amide bonds. The Morgan fingerprint density at radius 1 is 1.35 bits per heavy atom. The van der Waals surface area contributed by atoms with Crippen molar-refractivity contribution in [2.24, 2.45) is 11.7 Å². The van der Waals surface area contributed by atoms with E-state index in [1.54, 1.807) is 6.20 Å². The molecule has 9 nitrogen and oxygen atoms in total. The van der Waals surface area contributed by atoms with Crippen LogP contribution in [-0.2, 0) is 20.8 Å². The van der Waals surface area contributed by atoms with Crippen molar-refractivity contribution in [1.82, 2.24) is 20.6 Å². The van der Waals surface area contributed by atoms with Crippen LogP contribution in [0.25, 0.3) is 0 Å². The minimum absolute atomic E-state index is 0.172. The number of imidazole rings is 1. The van der Waals surface area contributed by atoms with Gasteiger partial charge in [-0.15, -0.1) is 0 Å². The monoisotopic (exact) mass is 325 g/mol. The SMILES string of the molecule is CC(C)C[C@H](NC(=O)[C@H](Cc1cnc[nH]1)NCC(=O)O)C(N)=O. The molecule has 0 aromatic carbocycles. The number of aromatic amines is 1. The summed E-state index contributed by atoms with van der Waals surface area (Å²) in [6.45, 7) is 3.44. The van der Waals surface area contributed by atoms with Gasteiger partial charge < -0.3 is 21.1 Å². The molecule has 9 heteroatoms. The summed E-state index contributed by atoms with van der Waals surface area (Å²) in [5.74, 6) is -2.01. The molecule has 0 aliphatic rings. The minimum atomic E-state index is -1.08. The number of nitrogens with one attached hydrogen (secondary N) is 3. The van der Waals surface area contributed by atoms with E-state index in [2.05, 4.69) is 20.6 Å². The first-order valence-electron chi connectivity index (χ1n) is 7.31. The van der Waals surface area contributed by atoms with Crippen LogP contribution in [-0.4, -0.2) is 51.5 Å². The van der Waals surface area contributed by atoms with Gasteiger partial charge in [0, 0.05) is 18.3 Å². The van der Waals surface area contributed by atoms with Crippen molar-refractivity contribution in [2.45, 2.75) is 38.8 Å². The summed E-state index contributed by atoms with van der Waals surface area (Å²) in [6.07, 6.45) is 3.64. The Morgan fingerprint density at radius 3 is 2.52 bits per heavy atom. The summed E-state index contributed by atoms with van der Waals surface area (Å²) < 4.78 is 0. The van der Waals surface area contributed by atoms with E-state index in [9.17, 15) is 14.4 Å². The van der Waals surface area contributed by atoms with Crippen LogP contribution in [0, 0.1) is 5.92 Å². The lowest BCUT2D eigenvalue weighted by Gasteiger charge is -2.22. The number of hydrogen-bond donors (Lipinski definition) is 5. The molecule has 0 spiro atoms. The second kappa shape index (κ2) is 8.89. The molecule has 0 bridgehead atoms. The Hall–Kier alpha value is -2.42. The second-order valence-corrected chi connectivity index (χ2v) is 5.70. The quantitative estimate of drug-likeness (QED) is 0.373. The van der Waals surface area contributed by atoms with E-state index in [0.29, 0.717) is 12.1 Å². The van der Waals surface area contributed by atoms with Crippen LogP contribution in [0.4, 0.5) is 0 Å². The maximum atomic E-state index is 12.4. The molecule has 1 aromatic rings. The molecule has 0 aliphatic carbocycles. The fourth-order valence-corrected chi connectivity index (χ4v) is 2.07. The fourth-order valence-electron chi connectivity index (χ4n) is 2.07. The van der Waals surface area contributed by atoms with Gasteiger partial charge in [0.1, 0.15) is 6.04 Å². The van der Waals surface area contributed by atoms with Crippen molar-refractivity contribution >= 4 is 17.8 Å². The standard InChI is InChI=1S/C14H23N5O4/c1-8(2)3-10(13(15)22)19-14(23)11(17-6-12(20)21)4-9-5-16-7-18-9/h5,7-8,10-11,17H,3-4,6H2,1-2H3,(H2,15,22)(H,16,18)(H,19,23)(H,20,21)/t10-,11-/m0/s1. The topological polar surface area (TPSA) is 150 Å². The number of H-pyrrole nitrogens is 1. The smallest absolute Gasteiger partial charge is 0.317 e. The summed E-state index contributed by atoms with van der Waals surface area (Å²) in [7, 11) is 0. The molecule has 23 heavy (non-hydrogen) atoms. The van der Waals surface area contributed by atoms with Crippen molar-refractivity contribution in [1.29, 1.82) is 0 Å². The zero-order valence-electron chi connectivity index (χ0n) is 13.2. The number of nitrogens with zero attached hydrogens (tertiary/aromatic N) is 1. The number of carboxylic acids is 1. The van der Waals surface area contributed by atoms with Gasteiger partial charge in [-0.2, -0.15) is 0 Å². The maximum absolute atomic E-state index is 12.4. The average molecular weight is 325 g/mol. The predicted molar refractivity (Wildman–Crippen MR) is 82.3 cm³/mol. The van der Waals surface area contributed by atoms with Crippen LogP contribution >= 0.6 is 0 Å². The number of amides is 2. The molecule has 0 fully saturated rings. The summed E-state index contributed by atoms with van der Waals surface area (Å²) in [5.41, 5.74) is 5.98. The Bertz CT molecular complexity index is 529. The molecule has 0 unspecified atom stereocenters. The van der Waals surface area contributed by atoms with Crippen LogP contribution in [0.2, 0.25) is 0 Å². The van der Waals surface area contributed by atoms with Crippen LogP contribution in [0.1, 0.15) is 26.0 Å². The molecule has 6 N–H and O–H groups in total. The molecule has 0 saturated carbocycles. The number of aromatic nitrogens is 2. The number of primary amides is 1. The van der Waals surface area contributed by atoms with Gasteiger partial charge >= 0.3 is 5.97 Å². The van der Waals surface area contributed by atoms with E-state index in [-0.39, 0.29) is 18.9 Å². The van der Waals surface area contributed by atoms with E-state index in [4.69, 9.17) is 10.8 Å². The van der Waals surface area contributed by atoms with Gasteiger partial charge in [-0.05, 0) is 12.3 Å². The van der Waals surface area contributed by atoms with E-state index >= 15 is 0 Å². The zero-order valence-corrected chi connectivity index (χ0v) is 13.2.